The number of aliphatic imine (C=N–C) groups is 1. The van der Waals surface area contributed by atoms with Gasteiger partial charge in [0.2, 0.25) is 5.91 Å². The van der Waals surface area contributed by atoms with Gasteiger partial charge in [0.15, 0.2) is 5.96 Å². The Morgan fingerprint density at radius 3 is 2.58 bits per heavy atom. The van der Waals surface area contributed by atoms with Crippen LogP contribution in [-0.4, -0.2) is 38.5 Å². The van der Waals surface area contributed by atoms with Gasteiger partial charge in [-0.05, 0) is 43.8 Å². The van der Waals surface area contributed by atoms with Crippen molar-refractivity contribution in [1.82, 2.24) is 16.0 Å². The average Bonchev–Trinajstić information content (AvgIpc) is 3.32. The maximum atomic E-state index is 12.0. The molecule has 0 aliphatic heterocycles. The summed E-state index contributed by atoms with van der Waals surface area (Å²) in [5.41, 5.74) is -0.557. The van der Waals surface area contributed by atoms with Crippen molar-refractivity contribution < 1.29 is 9.21 Å². The standard InChI is InChI=1S/C19H28N4O2S/c1-19(2,17(24)20-3)14-23-18(21-10-8-15-6-4-12-25-15)22-11-9-16-7-5-13-26-16/h4-7,12-13H,8-11,14H2,1-3H3,(H,20,24)(H2,21,22,23). The molecule has 2 heterocycles. The van der Waals surface area contributed by atoms with Gasteiger partial charge in [-0.2, -0.15) is 0 Å². The van der Waals surface area contributed by atoms with Gasteiger partial charge >= 0.3 is 0 Å². The molecule has 0 unspecified atom stereocenters. The molecule has 1 amide bonds. The van der Waals surface area contributed by atoms with Crippen LogP contribution in [-0.2, 0) is 17.6 Å². The van der Waals surface area contributed by atoms with Gasteiger partial charge in [-0.3, -0.25) is 9.79 Å². The molecule has 0 aliphatic carbocycles. The van der Waals surface area contributed by atoms with Crippen molar-refractivity contribution in [1.29, 1.82) is 0 Å². The molecule has 0 fully saturated rings. The number of carbonyl (C=O) groups is 1. The van der Waals surface area contributed by atoms with E-state index in [4.69, 9.17) is 4.42 Å². The highest BCUT2D eigenvalue weighted by molar-refractivity contribution is 7.09. The second-order valence-corrected chi connectivity index (χ2v) is 7.67. The van der Waals surface area contributed by atoms with Crippen LogP contribution >= 0.6 is 11.3 Å². The summed E-state index contributed by atoms with van der Waals surface area (Å²) in [6.45, 7) is 5.68. The van der Waals surface area contributed by atoms with Crippen LogP contribution in [0.5, 0.6) is 0 Å². The van der Waals surface area contributed by atoms with E-state index < -0.39 is 5.41 Å². The molecule has 142 valence electrons. The molecule has 0 radical (unpaired) electrons. The Morgan fingerprint density at radius 2 is 1.96 bits per heavy atom. The highest BCUT2D eigenvalue weighted by Crippen LogP contribution is 2.15. The van der Waals surface area contributed by atoms with E-state index in [1.54, 1.807) is 24.6 Å². The molecule has 0 aromatic carbocycles. The number of carbonyl (C=O) groups excluding carboxylic acids is 1. The van der Waals surface area contributed by atoms with Crippen LogP contribution in [0.1, 0.15) is 24.5 Å². The number of rotatable bonds is 9. The summed E-state index contributed by atoms with van der Waals surface area (Å²) in [4.78, 5) is 17.9. The van der Waals surface area contributed by atoms with Crippen LogP contribution in [0.15, 0.2) is 45.3 Å². The van der Waals surface area contributed by atoms with Gasteiger partial charge in [-0.15, -0.1) is 11.3 Å². The average molecular weight is 377 g/mol. The summed E-state index contributed by atoms with van der Waals surface area (Å²) in [6.07, 6.45) is 3.39. The molecule has 0 aliphatic rings. The van der Waals surface area contributed by atoms with Crippen LogP contribution in [0, 0.1) is 5.41 Å². The third-order valence-electron chi connectivity index (χ3n) is 3.96. The molecule has 0 atom stereocenters. The lowest BCUT2D eigenvalue weighted by Crippen LogP contribution is -2.42. The highest BCUT2D eigenvalue weighted by Gasteiger charge is 2.26. The second kappa shape index (κ2) is 10.0. The zero-order valence-electron chi connectivity index (χ0n) is 15.7. The van der Waals surface area contributed by atoms with Crippen LogP contribution in [0.3, 0.4) is 0 Å². The highest BCUT2D eigenvalue weighted by atomic mass is 32.1. The maximum Gasteiger partial charge on any atom is 0.227 e. The van der Waals surface area contributed by atoms with Gasteiger partial charge in [0, 0.05) is 31.4 Å². The first-order valence-electron chi connectivity index (χ1n) is 8.80. The van der Waals surface area contributed by atoms with E-state index >= 15 is 0 Å². The predicted molar refractivity (Wildman–Crippen MR) is 107 cm³/mol. The van der Waals surface area contributed by atoms with E-state index in [1.807, 2.05) is 26.0 Å². The molecular formula is C19H28N4O2S. The summed E-state index contributed by atoms with van der Waals surface area (Å²) in [6, 6.07) is 8.03. The first kappa shape index (κ1) is 20.0. The van der Waals surface area contributed by atoms with E-state index in [9.17, 15) is 4.79 Å². The molecule has 0 saturated carbocycles. The van der Waals surface area contributed by atoms with Crippen molar-refractivity contribution in [3.05, 3.63) is 46.5 Å². The van der Waals surface area contributed by atoms with Crippen molar-refractivity contribution in [2.24, 2.45) is 10.4 Å². The molecule has 2 aromatic heterocycles. The number of furan rings is 1. The lowest BCUT2D eigenvalue weighted by atomic mass is 9.93. The molecule has 6 nitrogen and oxygen atoms in total. The number of amides is 1. The third-order valence-corrected chi connectivity index (χ3v) is 4.90. The Bertz CT molecular complexity index is 636. The molecule has 2 aromatic rings. The van der Waals surface area contributed by atoms with Crippen LogP contribution in [0.4, 0.5) is 0 Å². The largest absolute Gasteiger partial charge is 0.469 e. The van der Waals surface area contributed by atoms with Gasteiger partial charge in [0.25, 0.3) is 0 Å². The number of guanidine groups is 1. The Hall–Kier alpha value is -2.28. The zero-order valence-corrected chi connectivity index (χ0v) is 16.5. The zero-order chi connectivity index (χ0) is 18.8. The Kier molecular flexibility index (Phi) is 7.72. The lowest BCUT2D eigenvalue weighted by molar-refractivity contribution is -0.128. The fourth-order valence-corrected chi connectivity index (χ4v) is 3.09. The van der Waals surface area contributed by atoms with Crippen molar-refractivity contribution in [2.45, 2.75) is 26.7 Å². The first-order chi connectivity index (χ1) is 12.5. The normalized spacial score (nSPS) is 12.0. The van der Waals surface area contributed by atoms with Crippen LogP contribution in [0.25, 0.3) is 0 Å². The number of nitrogens with zero attached hydrogens (tertiary/aromatic N) is 1. The van der Waals surface area contributed by atoms with Crippen LogP contribution < -0.4 is 16.0 Å². The number of thiophene rings is 1. The van der Waals surface area contributed by atoms with Gasteiger partial charge in [-0.1, -0.05) is 6.07 Å². The SMILES string of the molecule is CNC(=O)C(C)(C)CN=C(NCCc1ccco1)NCCc1cccs1. The van der Waals surface area contributed by atoms with Gasteiger partial charge in [0.05, 0.1) is 18.2 Å². The van der Waals surface area contributed by atoms with E-state index in [0.29, 0.717) is 19.0 Å². The molecule has 3 N–H and O–H groups in total. The molecular weight excluding hydrogens is 348 g/mol. The fourth-order valence-electron chi connectivity index (χ4n) is 2.38. The molecule has 2 rings (SSSR count). The summed E-state index contributed by atoms with van der Waals surface area (Å²) in [5, 5.41) is 11.4. The second-order valence-electron chi connectivity index (χ2n) is 6.64. The Labute approximate surface area is 159 Å². The van der Waals surface area contributed by atoms with Gasteiger partial charge in [-0.25, -0.2) is 0 Å². The number of hydrogen-bond donors (Lipinski definition) is 3. The van der Waals surface area contributed by atoms with Crippen molar-refractivity contribution in [2.75, 3.05) is 26.7 Å². The maximum absolute atomic E-state index is 12.0. The number of nitrogens with one attached hydrogen (secondary N) is 3. The van der Waals surface area contributed by atoms with E-state index in [0.717, 1.165) is 25.1 Å². The summed E-state index contributed by atoms with van der Waals surface area (Å²) >= 11 is 1.75. The van der Waals surface area contributed by atoms with E-state index in [-0.39, 0.29) is 5.91 Å². The van der Waals surface area contributed by atoms with Gasteiger partial charge in [0.1, 0.15) is 5.76 Å². The topological polar surface area (TPSA) is 78.7 Å². The monoisotopic (exact) mass is 376 g/mol. The summed E-state index contributed by atoms with van der Waals surface area (Å²) in [7, 11) is 1.65. The smallest absolute Gasteiger partial charge is 0.227 e. The quantitative estimate of drug-likeness (QED) is 0.464. The minimum atomic E-state index is -0.557. The minimum absolute atomic E-state index is 0.0187. The van der Waals surface area contributed by atoms with Gasteiger partial charge < -0.3 is 20.4 Å². The van der Waals surface area contributed by atoms with Crippen LogP contribution in [0.2, 0.25) is 0 Å². The summed E-state index contributed by atoms with van der Waals surface area (Å²) in [5.74, 6) is 1.63. The van der Waals surface area contributed by atoms with E-state index in [1.165, 1.54) is 4.88 Å². The van der Waals surface area contributed by atoms with Crippen molar-refractivity contribution in [3.8, 4) is 0 Å². The Balaban J connectivity index is 1.89. The molecule has 0 bridgehead atoms. The molecule has 0 spiro atoms. The third kappa shape index (κ3) is 6.55. The fraction of sp³-hybridized carbons (Fsp3) is 0.474. The lowest BCUT2D eigenvalue weighted by Gasteiger charge is -2.21. The Morgan fingerprint density at radius 1 is 1.19 bits per heavy atom. The summed E-state index contributed by atoms with van der Waals surface area (Å²) < 4.78 is 5.35. The molecule has 7 heteroatoms. The van der Waals surface area contributed by atoms with Crippen molar-refractivity contribution >= 4 is 23.2 Å². The van der Waals surface area contributed by atoms with Crippen molar-refractivity contribution in [3.63, 3.8) is 0 Å². The molecule has 26 heavy (non-hydrogen) atoms. The first-order valence-corrected chi connectivity index (χ1v) is 9.68. The number of hydrogen-bond acceptors (Lipinski definition) is 4. The molecule has 0 saturated heterocycles. The minimum Gasteiger partial charge on any atom is -0.469 e. The van der Waals surface area contributed by atoms with E-state index in [2.05, 4.69) is 38.5 Å². The predicted octanol–water partition coefficient (Wildman–Crippen LogP) is 2.43.